The molecule has 1 heterocycles. The Morgan fingerprint density at radius 3 is 2.09 bits per heavy atom. The molecule has 0 radical (unpaired) electrons. The molecule has 0 aromatic rings. The Morgan fingerprint density at radius 2 is 1.59 bits per heavy atom. The van der Waals surface area contributed by atoms with Gasteiger partial charge in [-0.25, -0.2) is 4.79 Å². The van der Waals surface area contributed by atoms with Crippen molar-refractivity contribution >= 4 is 5.97 Å². The maximum atomic E-state index is 11.4. The van der Waals surface area contributed by atoms with Crippen LogP contribution < -0.4 is 0 Å². The molecule has 0 bridgehead atoms. The van der Waals surface area contributed by atoms with Crippen LogP contribution >= 0.6 is 0 Å². The predicted molar refractivity (Wildman–Crippen MR) is 90.4 cm³/mol. The molecular formula is C19H32O3. The SMILES string of the molecule is CCCCCCCCCCCC/C=C/C1=CC(C)(O)OC1=O. The quantitative estimate of drug-likeness (QED) is 0.405. The van der Waals surface area contributed by atoms with Crippen LogP contribution in [0.5, 0.6) is 0 Å². The molecule has 1 aliphatic rings. The second kappa shape index (κ2) is 10.6. The van der Waals surface area contributed by atoms with E-state index in [2.05, 4.69) is 6.92 Å². The van der Waals surface area contributed by atoms with Gasteiger partial charge in [-0.15, -0.1) is 0 Å². The Balaban J connectivity index is 1.96. The molecule has 1 atom stereocenters. The number of ether oxygens (including phenoxy) is 1. The molecule has 0 aliphatic carbocycles. The summed E-state index contributed by atoms with van der Waals surface area (Å²) in [5.74, 6) is -1.88. The maximum absolute atomic E-state index is 11.4. The van der Waals surface area contributed by atoms with E-state index in [0.29, 0.717) is 5.57 Å². The first-order valence-corrected chi connectivity index (χ1v) is 8.90. The van der Waals surface area contributed by atoms with Crippen LogP contribution in [0.25, 0.3) is 0 Å². The monoisotopic (exact) mass is 308 g/mol. The Labute approximate surface area is 135 Å². The van der Waals surface area contributed by atoms with E-state index in [0.717, 1.165) is 12.8 Å². The number of hydrogen-bond donors (Lipinski definition) is 1. The van der Waals surface area contributed by atoms with Crippen LogP contribution in [-0.2, 0) is 9.53 Å². The Hall–Kier alpha value is -1.09. The highest BCUT2D eigenvalue weighted by Gasteiger charge is 2.32. The highest BCUT2D eigenvalue weighted by molar-refractivity contribution is 5.94. The van der Waals surface area contributed by atoms with Gasteiger partial charge in [-0.05, 0) is 12.8 Å². The van der Waals surface area contributed by atoms with Crippen molar-refractivity contribution in [2.24, 2.45) is 0 Å². The molecule has 1 aliphatic heterocycles. The lowest BCUT2D eigenvalue weighted by molar-refractivity contribution is -0.172. The van der Waals surface area contributed by atoms with Gasteiger partial charge in [0.15, 0.2) is 0 Å². The lowest BCUT2D eigenvalue weighted by atomic mass is 10.1. The fraction of sp³-hybridized carbons (Fsp3) is 0.737. The van der Waals surface area contributed by atoms with Gasteiger partial charge < -0.3 is 9.84 Å². The number of carbonyl (C=O) groups excluding carboxylic acids is 1. The average Bonchev–Trinajstić information content (AvgIpc) is 2.72. The minimum atomic E-state index is -1.44. The number of allylic oxidation sites excluding steroid dienone is 1. The average molecular weight is 308 g/mol. The highest BCUT2D eigenvalue weighted by atomic mass is 16.7. The van der Waals surface area contributed by atoms with Crippen LogP contribution in [-0.4, -0.2) is 16.9 Å². The molecule has 1 unspecified atom stereocenters. The maximum Gasteiger partial charge on any atom is 0.340 e. The number of hydrogen-bond acceptors (Lipinski definition) is 3. The zero-order valence-corrected chi connectivity index (χ0v) is 14.3. The topological polar surface area (TPSA) is 46.5 Å². The van der Waals surface area contributed by atoms with E-state index in [1.54, 1.807) is 6.08 Å². The van der Waals surface area contributed by atoms with Crippen molar-refractivity contribution in [2.45, 2.75) is 90.3 Å². The molecule has 0 spiro atoms. The van der Waals surface area contributed by atoms with Gasteiger partial charge in [0.25, 0.3) is 0 Å². The van der Waals surface area contributed by atoms with E-state index in [1.165, 1.54) is 70.8 Å². The summed E-state index contributed by atoms with van der Waals surface area (Å²) in [6.07, 6.45) is 19.5. The molecule has 3 heteroatoms. The number of aliphatic hydroxyl groups is 1. The Bertz CT molecular complexity index is 380. The van der Waals surface area contributed by atoms with E-state index in [9.17, 15) is 9.90 Å². The molecule has 0 saturated carbocycles. The van der Waals surface area contributed by atoms with Gasteiger partial charge in [-0.2, -0.15) is 0 Å². The molecule has 0 aromatic heterocycles. The fourth-order valence-electron chi connectivity index (χ4n) is 2.70. The summed E-state index contributed by atoms with van der Waals surface area (Å²) < 4.78 is 4.79. The van der Waals surface area contributed by atoms with Gasteiger partial charge in [0, 0.05) is 13.0 Å². The first-order chi connectivity index (χ1) is 10.5. The number of esters is 1. The molecule has 0 saturated heterocycles. The number of cyclic esters (lactones) is 1. The highest BCUT2D eigenvalue weighted by Crippen LogP contribution is 2.22. The van der Waals surface area contributed by atoms with Gasteiger partial charge in [-0.1, -0.05) is 76.9 Å². The largest absolute Gasteiger partial charge is 0.426 e. The van der Waals surface area contributed by atoms with Crippen LogP contribution in [0, 0.1) is 0 Å². The zero-order valence-electron chi connectivity index (χ0n) is 14.3. The van der Waals surface area contributed by atoms with Gasteiger partial charge in [0.1, 0.15) is 0 Å². The van der Waals surface area contributed by atoms with Crippen molar-refractivity contribution in [1.82, 2.24) is 0 Å². The van der Waals surface area contributed by atoms with Crippen molar-refractivity contribution in [3.8, 4) is 0 Å². The molecule has 3 nitrogen and oxygen atoms in total. The summed E-state index contributed by atoms with van der Waals surface area (Å²) in [5, 5.41) is 9.57. The lowest BCUT2D eigenvalue weighted by Gasteiger charge is -2.11. The van der Waals surface area contributed by atoms with Gasteiger partial charge in [0.05, 0.1) is 5.57 Å². The number of unbranched alkanes of at least 4 members (excludes halogenated alkanes) is 10. The number of rotatable bonds is 12. The van der Waals surface area contributed by atoms with Crippen LogP contribution in [0.3, 0.4) is 0 Å². The molecule has 0 amide bonds. The first kappa shape index (κ1) is 19.0. The smallest absolute Gasteiger partial charge is 0.340 e. The van der Waals surface area contributed by atoms with Crippen molar-refractivity contribution < 1.29 is 14.6 Å². The van der Waals surface area contributed by atoms with E-state index in [-0.39, 0.29) is 0 Å². The van der Waals surface area contributed by atoms with E-state index < -0.39 is 11.8 Å². The normalized spacial score (nSPS) is 21.4. The lowest BCUT2D eigenvalue weighted by Crippen LogP contribution is -2.22. The van der Waals surface area contributed by atoms with E-state index in [1.807, 2.05) is 6.08 Å². The molecule has 1 rings (SSSR count). The molecule has 0 fully saturated rings. The van der Waals surface area contributed by atoms with Crippen LogP contribution in [0.4, 0.5) is 0 Å². The van der Waals surface area contributed by atoms with Gasteiger partial charge >= 0.3 is 5.97 Å². The summed E-state index contributed by atoms with van der Waals surface area (Å²) in [5.41, 5.74) is 0.456. The third kappa shape index (κ3) is 8.38. The molecule has 0 aromatic carbocycles. The third-order valence-electron chi connectivity index (χ3n) is 3.98. The summed E-state index contributed by atoms with van der Waals surface area (Å²) >= 11 is 0. The predicted octanol–water partition coefficient (Wildman–Crippen LogP) is 5.05. The molecule has 22 heavy (non-hydrogen) atoms. The van der Waals surface area contributed by atoms with Crippen LogP contribution in [0.2, 0.25) is 0 Å². The van der Waals surface area contributed by atoms with Gasteiger partial charge in [-0.3, -0.25) is 0 Å². The van der Waals surface area contributed by atoms with Crippen LogP contribution in [0.1, 0.15) is 84.5 Å². The summed E-state index contributed by atoms with van der Waals surface area (Å²) in [6.45, 7) is 3.72. The summed E-state index contributed by atoms with van der Waals surface area (Å²) in [6, 6.07) is 0. The molecular weight excluding hydrogens is 276 g/mol. The zero-order chi connectivity index (χ0) is 16.3. The second-order valence-electron chi connectivity index (χ2n) is 6.42. The van der Waals surface area contributed by atoms with E-state index >= 15 is 0 Å². The van der Waals surface area contributed by atoms with Crippen molar-refractivity contribution in [2.75, 3.05) is 0 Å². The second-order valence-corrected chi connectivity index (χ2v) is 6.42. The Morgan fingerprint density at radius 1 is 1.05 bits per heavy atom. The number of carbonyl (C=O) groups is 1. The minimum Gasteiger partial charge on any atom is -0.426 e. The van der Waals surface area contributed by atoms with E-state index in [4.69, 9.17) is 4.74 Å². The minimum absolute atomic E-state index is 0.440. The van der Waals surface area contributed by atoms with Crippen molar-refractivity contribution in [1.29, 1.82) is 0 Å². The summed E-state index contributed by atoms with van der Waals surface area (Å²) in [7, 11) is 0. The van der Waals surface area contributed by atoms with Gasteiger partial charge in [0.2, 0.25) is 5.79 Å². The van der Waals surface area contributed by atoms with Crippen LogP contribution in [0.15, 0.2) is 23.8 Å². The fourth-order valence-corrected chi connectivity index (χ4v) is 2.70. The third-order valence-corrected chi connectivity index (χ3v) is 3.98. The first-order valence-electron chi connectivity index (χ1n) is 8.90. The van der Waals surface area contributed by atoms with Crippen molar-refractivity contribution in [3.63, 3.8) is 0 Å². The standard InChI is InChI=1S/C19H32O3/c1-3-4-5-6-7-8-9-10-11-12-13-14-15-17-16-19(2,21)22-18(17)20/h14-16,21H,3-13H2,1-2H3/b15-14+. The molecule has 126 valence electrons. The Kier molecular flexibility index (Phi) is 9.14. The molecule has 1 N–H and O–H groups in total. The summed E-state index contributed by atoms with van der Waals surface area (Å²) in [4.78, 5) is 11.4. The van der Waals surface area contributed by atoms with Crippen molar-refractivity contribution in [3.05, 3.63) is 23.8 Å².